The number of piperazine rings is 1. The van der Waals surface area contributed by atoms with Gasteiger partial charge in [-0.2, -0.15) is 0 Å². The summed E-state index contributed by atoms with van der Waals surface area (Å²) >= 11 is 0. The molecular formula is C15H22N2O2. The summed E-state index contributed by atoms with van der Waals surface area (Å²) in [6.07, 6.45) is 1.08. The molecule has 1 N–H and O–H groups in total. The molecule has 0 spiro atoms. The van der Waals surface area contributed by atoms with Crippen LogP contribution in [0.2, 0.25) is 0 Å². The van der Waals surface area contributed by atoms with Crippen molar-refractivity contribution in [3.05, 3.63) is 29.3 Å². The van der Waals surface area contributed by atoms with Gasteiger partial charge in [-0.1, -0.05) is 18.6 Å². The van der Waals surface area contributed by atoms with Gasteiger partial charge in [0.15, 0.2) is 0 Å². The second-order valence-corrected chi connectivity index (χ2v) is 5.31. The molecular weight excluding hydrogens is 240 g/mol. The molecule has 0 aromatic heterocycles. The summed E-state index contributed by atoms with van der Waals surface area (Å²) in [5, 5.41) is 9.36. The van der Waals surface area contributed by atoms with Gasteiger partial charge in [0.2, 0.25) is 0 Å². The lowest BCUT2D eigenvalue weighted by molar-refractivity contribution is 0.0697. The minimum absolute atomic E-state index is 0.416. The number of benzene rings is 1. The Hall–Kier alpha value is -1.55. The molecule has 104 valence electrons. The van der Waals surface area contributed by atoms with Gasteiger partial charge < -0.3 is 10.0 Å². The number of nitrogens with zero attached hydrogens (tertiary/aromatic N) is 2. The SMILES string of the molecule is CCC1CN(c2ccc(C)cc2C(=O)O)CCN1C. The van der Waals surface area contributed by atoms with Crippen molar-refractivity contribution in [3.8, 4) is 0 Å². The van der Waals surface area contributed by atoms with Crippen molar-refractivity contribution < 1.29 is 9.90 Å². The standard InChI is InChI=1S/C15H22N2O2/c1-4-12-10-17(8-7-16(12)3)14-6-5-11(2)9-13(14)15(18)19/h5-6,9,12H,4,7-8,10H2,1-3H3,(H,18,19). The first-order valence-corrected chi connectivity index (χ1v) is 6.82. The summed E-state index contributed by atoms with van der Waals surface area (Å²) in [5.41, 5.74) is 2.26. The first-order chi connectivity index (χ1) is 9.02. The molecule has 0 amide bonds. The molecule has 1 saturated heterocycles. The molecule has 1 fully saturated rings. The Labute approximate surface area is 114 Å². The Morgan fingerprint density at radius 2 is 2.16 bits per heavy atom. The molecule has 2 rings (SSSR count). The summed E-state index contributed by atoms with van der Waals surface area (Å²) in [6.45, 7) is 6.87. The zero-order valence-corrected chi connectivity index (χ0v) is 11.9. The molecule has 1 aromatic rings. The third-order valence-electron chi connectivity index (χ3n) is 3.97. The van der Waals surface area contributed by atoms with Gasteiger partial charge in [0, 0.05) is 25.7 Å². The Balaban J connectivity index is 2.29. The summed E-state index contributed by atoms with van der Waals surface area (Å²) in [7, 11) is 2.14. The minimum Gasteiger partial charge on any atom is -0.478 e. The van der Waals surface area contributed by atoms with Crippen LogP contribution in [0.15, 0.2) is 18.2 Å². The normalized spacial score (nSPS) is 20.6. The number of aromatic carboxylic acids is 1. The fourth-order valence-corrected chi connectivity index (χ4v) is 2.70. The van der Waals surface area contributed by atoms with Crippen LogP contribution in [-0.4, -0.2) is 48.7 Å². The molecule has 4 nitrogen and oxygen atoms in total. The van der Waals surface area contributed by atoms with Gasteiger partial charge in [-0.15, -0.1) is 0 Å². The van der Waals surface area contributed by atoms with Crippen LogP contribution < -0.4 is 4.90 Å². The zero-order valence-electron chi connectivity index (χ0n) is 11.9. The van der Waals surface area contributed by atoms with Gasteiger partial charge >= 0.3 is 5.97 Å². The fourth-order valence-electron chi connectivity index (χ4n) is 2.70. The molecule has 1 heterocycles. The van der Waals surface area contributed by atoms with Crippen LogP contribution >= 0.6 is 0 Å². The summed E-state index contributed by atoms with van der Waals surface area (Å²) in [5.74, 6) is -0.842. The second kappa shape index (κ2) is 5.61. The first kappa shape index (κ1) is 13.9. The highest BCUT2D eigenvalue weighted by atomic mass is 16.4. The number of carboxylic acids is 1. The number of carboxylic acid groups (broad SMARTS) is 1. The monoisotopic (exact) mass is 262 g/mol. The van der Waals surface area contributed by atoms with Gasteiger partial charge in [0.25, 0.3) is 0 Å². The van der Waals surface area contributed by atoms with Crippen LogP contribution in [-0.2, 0) is 0 Å². The molecule has 1 unspecified atom stereocenters. The third kappa shape index (κ3) is 2.89. The van der Waals surface area contributed by atoms with Crippen molar-refractivity contribution in [1.29, 1.82) is 0 Å². The number of aryl methyl sites for hydroxylation is 1. The van der Waals surface area contributed by atoms with E-state index in [0.717, 1.165) is 37.3 Å². The maximum atomic E-state index is 11.4. The van der Waals surface area contributed by atoms with Crippen LogP contribution in [0.5, 0.6) is 0 Å². The molecule has 1 aliphatic heterocycles. The van der Waals surface area contributed by atoms with E-state index in [1.807, 2.05) is 19.1 Å². The van der Waals surface area contributed by atoms with E-state index in [9.17, 15) is 9.90 Å². The Kier molecular flexibility index (Phi) is 4.10. The van der Waals surface area contributed by atoms with Gasteiger partial charge in [-0.25, -0.2) is 4.79 Å². The summed E-state index contributed by atoms with van der Waals surface area (Å²) in [6, 6.07) is 6.19. The van der Waals surface area contributed by atoms with Crippen LogP contribution in [0.1, 0.15) is 29.3 Å². The predicted molar refractivity (Wildman–Crippen MR) is 77.1 cm³/mol. The second-order valence-electron chi connectivity index (χ2n) is 5.31. The van der Waals surface area contributed by atoms with E-state index in [-0.39, 0.29) is 0 Å². The number of likely N-dealkylation sites (N-methyl/N-ethyl adjacent to an activating group) is 1. The largest absolute Gasteiger partial charge is 0.478 e. The predicted octanol–water partition coefficient (Wildman–Crippen LogP) is 2.22. The smallest absolute Gasteiger partial charge is 0.337 e. The van der Waals surface area contributed by atoms with Gasteiger partial charge in [-0.05, 0) is 32.5 Å². The molecule has 1 aliphatic rings. The van der Waals surface area contributed by atoms with Crippen molar-refractivity contribution in [2.24, 2.45) is 0 Å². The molecule has 1 aromatic carbocycles. The number of carbonyl (C=O) groups is 1. The molecule has 0 bridgehead atoms. The van der Waals surface area contributed by atoms with Gasteiger partial charge in [-0.3, -0.25) is 4.90 Å². The molecule has 0 aliphatic carbocycles. The first-order valence-electron chi connectivity index (χ1n) is 6.82. The van der Waals surface area contributed by atoms with E-state index < -0.39 is 5.97 Å². The van der Waals surface area contributed by atoms with Crippen LogP contribution in [0, 0.1) is 6.92 Å². The van der Waals surface area contributed by atoms with E-state index >= 15 is 0 Å². The van der Waals surface area contributed by atoms with Crippen molar-refractivity contribution in [1.82, 2.24) is 4.90 Å². The lowest BCUT2D eigenvalue weighted by Gasteiger charge is -2.40. The number of anilines is 1. The lowest BCUT2D eigenvalue weighted by atomic mass is 10.0. The summed E-state index contributed by atoms with van der Waals surface area (Å²) in [4.78, 5) is 16.0. The Bertz CT molecular complexity index is 473. The molecule has 0 radical (unpaired) electrons. The Morgan fingerprint density at radius 1 is 1.42 bits per heavy atom. The zero-order chi connectivity index (χ0) is 14.0. The van der Waals surface area contributed by atoms with Crippen molar-refractivity contribution in [2.45, 2.75) is 26.3 Å². The van der Waals surface area contributed by atoms with Gasteiger partial charge in [0.05, 0.1) is 11.3 Å². The highest BCUT2D eigenvalue weighted by Crippen LogP contribution is 2.25. The minimum atomic E-state index is -0.842. The molecule has 1 atom stereocenters. The maximum absolute atomic E-state index is 11.4. The summed E-state index contributed by atoms with van der Waals surface area (Å²) < 4.78 is 0. The highest BCUT2D eigenvalue weighted by Gasteiger charge is 2.25. The highest BCUT2D eigenvalue weighted by molar-refractivity contribution is 5.94. The average Bonchev–Trinajstić information content (AvgIpc) is 2.39. The topological polar surface area (TPSA) is 43.8 Å². The average molecular weight is 262 g/mol. The maximum Gasteiger partial charge on any atom is 0.337 e. The number of hydrogen-bond donors (Lipinski definition) is 1. The van der Waals surface area contributed by atoms with Crippen molar-refractivity contribution in [2.75, 3.05) is 31.6 Å². The van der Waals surface area contributed by atoms with Crippen molar-refractivity contribution in [3.63, 3.8) is 0 Å². The van der Waals surface area contributed by atoms with E-state index in [4.69, 9.17) is 0 Å². The number of rotatable bonds is 3. The van der Waals surface area contributed by atoms with Crippen LogP contribution in [0.4, 0.5) is 5.69 Å². The van der Waals surface area contributed by atoms with Crippen LogP contribution in [0.3, 0.4) is 0 Å². The number of hydrogen-bond acceptors (Lipinski definition) is 3. The van der Waals surface area contributed by atoms with Crippen molar-refractivity contribution >= 4 is 11.7 Å². The van der Waals surface area contributed by atoms with E-state index in [2.05, 4.69) is 23.8 Å². The third-order valence-corrected chi connectivity index (χ3v) is 3.97. The molecule has 4 heteroatoms. The molecule has 0 saturated carbocycles. The lowest BCUT2D eigenvalue weighted by Crippen LogP contribution is -2.51. The van der Waals surface area contributed by atoms with E-state index in [1.54, 1.807) is 6.07 Å². The van der Waals surface area contributed by atoms with Gasteiger partial charge in [0.1, 0.15) is 0 Å². The quantitative estimate of drug-likeness (QED) is 0.907. The van der Waals surface area contributed by atoms with E-state index in [1.165, 1.54) is 0 Å². The fraction of sp³-hybridized carbons (Fsp3) is 0.533. The van der Waals surface area contributed by atoms with E-state index in [0.29, 0.717) is 11.6 Å². The van der Waals surface area contributed by atoms with Crippen LogP contribution in [0.25, 0.3) is 0 Å². The Morgan fingerprint density at radius 3 is 2.79 bits per heavy atom. The molecule has 19 heavy (non-hydrogen) atoms.